The standard InChI is InChI=1S/C6H6N2O/c1-5-2-3-7-6(4-9)8-5/h2-4H,1H3. The van der Waals surface area contributed by atoms with E-state index in [1.165, 1.54) is 0 Å². The first-order valence-electron chi connectivity index (χ1n) is 2.58. The minimum atomic E-state index is 0.245. The first-order valence-corrected chi connectivity index (χ1v) is 2.58. The summed E-state index contributed by atoms with van der Waals surface area (Å²) >= 11 is 0. The van der Waals surface area contributed by atoms with Gasteiger partial charge >= 0.3 is 0 Å². The molecule has 46 valence electrons. The van der Waals surface area contributed by atoms with Gasteiger partial charge in [0.1, 0.15) is 0 Å². The summed E-state index contributed by atoms with van der Waals surface area (Å²) in [6, 6.07) is 1.74. The van der Waals surface area contributed by atoms with E-state index >= 15 is 0 Å². The van der Waals surface area contributed by atoms with Crippen LogP contribution in [0, 0.1) is 6.92 Å². The number of nitrogens with zero attached hydrogens (tertiary/aromatic N) is 2. The van der Waals surface area contributed by atoms with Crippen molar-refractivity contribution in [2.24, 2.45) is 0 Å². The molecule has 1 heterocycles. The summed E-state index contributed by atoms with van der Waals surface area (Å²) in [5.41, 5.74) is 0.812. The van der Waals surface area contributed by atoms with Crippen LogP contribution >= 0.6 is 0 Å². The highest BCUT2D eigenvalue weighted by Crippen LogP contribution is 1.88. The molecule has 0 aliphatic carbocycles. The summed E-state index contributed by atoms with van der Waals surface area (Å²) in [7, 11) is 0. The molecule has 0 radical (unpaired) electrons. The molecule has 0 amide bonds. The Labute approximate surface area is 52.8 Å². The smallest absolute Gasteiger partial charge is 0.192 e. The summed E-state index contributed by atoms with van der Waals surface area (Å²) in [5, 5.41) is 0. The zero-order valence-corrected chi connectivity index (χ0v) is 5.03. The van der Waals surface area contributed by atoms with Crippen LogP contribution in [0.1, 0.15) is 16.3 Å². The van der Waals surface area contributed by atoms with Crippen molar-refractivity contribution >= 4 is 6.29 Å². The molecule has 0 saturated heterocycles. The minimum Gasteiger partial charge on any atom is -0.294 e. The maximum absolute atomic E-state index is 10.0. The third-order valence-corrected chi connectivity index (χ3v) is 0.919. The predicted octanol–water partition coefficient (Wildman–Crippen LogP) is 0.598. The molecule has 0 fully saturated rings. The molecule has 0 aliphatic heterocycles. The van der Waals surface area contributed by atoms with E-state index in [2.05, 4.69) is 9.97 Å². The lowest BCUT2D eigenvalue weighted by molar-refractivity contribution is 0.111. The zero-order chi connectivity index (χ0) is 6.69. The number of hydrogen-bond donors (Lipinski definition) is 0. The van der Waals surface area contributed by atoms with E-state index in [9.17, 15) is 4.79 Å². The van der Waals surface area contributed by atoms with Gasteiger partial charge < -0.3 is 0 Å². The first-order chi connectivity index (χ1) is 4.33. The Balaban J connectivity index is 3.07. The van der Waals surface area contributed by atoms with Crippen LogP contribution in [0.5, 0.6) is 0 Å². The molecule has 9 heavy (non-hydrogen) atoms. The van der Waals surface area contributed by atoms with E-state index < -0.39 is 0 Å². The van der Waals surface area contributed by atoms with Crippen LogP contribution in [0.15, 0.2) is 12.3 Å². The van der Waals surface area contributed by atoms with Crippen LogP contribution < -0.4 is 0 Å². The minimum absolute atomic E-state index is 0.245. The molecular formula is C6H6N2O. The van der Waals surface area contributed by atoms with Crippen molar-refractivity contribution in [3.63, 3.8) is 0 Å². The van der Waals surface area contributed by atoms with Gasteiger partial charge in [-0.25, -0.2) is 9.97 Å². The van der Waals surface area contributed by atoms with Gasteiger partial charge in [-0.05, 0) is 13.0 Å². The fraction of sp³-hybridized carbons (Fsp3) is 0.167. The van der Waals surface area contributed by atoms with E-state index in [0.29, 0.717) is 6.29 Å². The van der Waals surface area contributed by atoms with Crippen LogP contribution in [0.25, 0.3) is 0 Å². The number of rotatable bonds is 1. The number of aromatic nitrogens is 2. The lowest BCUT2D eigenvalue weighted by atomic mass is 10.4. The second-order valence-electron chi connectivity index (χ2n) is 1.67. The van der Waals surface area contributed by atoms with Gasteiger partial charge in [0, 0.05) is 11.9 Å². The molecular weight excluding hydrogens is 116 g/mol. The second-order valence-corrected chi connectivity index (χ2v) is 1.67. The highest BCUT2D eigenvalue weighted by Gasteiger charge is 1.89. The molecule has 0 N–H and O–H groups in total. The fourth-order valence-corrected chi connectivity index (χ4v) is 0.525. The highest BCUT2D eigenvalue weighted by atomic mass is 16.1. The van der Waals surface area contributed by atoms with Crippen molar-refractivity contribution in [2.75, 3.05) is 0 Å². The van der Waals surface area contributed by atoms with Crippen molar-refractivity contribution in [2.45, 2.75) is 6.92 Å². The monoisotopic (exact) mass is 122 g/mol. The molecule has 0 atom stereocenters. The normalized spacial score (nSPS) is 9.00. The molecule has 0 aliphatic rings. The Bertz CT molecular complexity index is 222. The Hall–Kier alpha value is -1.25. The highest BCUT2D eigenvalue weighted by molar-refractivity contribution is 5.68. The molecule has 0 aromatic carbocycles. The van der Waals surface area contributed by atoms with E-state index in [1.807, 2.05) is 6.92 Å². The van der Waals surface area contributed by atoms with Gasteiger partial charge in [0.05, 0.1) is 0 Å². The average molecular weight is 122 g/mol. The van der Waals surface area contributed by atoms with Crippen molar-refractivity contribution in [3.05, 3.63) is 23.8 Å². The molecule has 1 rings (SSSR count). The number of carbonyl (C=O) groups excluding carboxylic acids is 1. The third-order valence-electron chi connectivity index (χ3n) is 0.919. The van der Waals surface area contributed by atoms with Crippen LogP contribution in [0.2, 0.25) is 0 Å². The maximum atomic E-state index is 10.0. The van der Waals surface area contributed by atoms with Crippen molar-refractivity contribution < 1.29 is 4.79 Å². The number of aryl methyl sites for hydroxylation is 1. The largest absolute Gasteiger partial charge is 0.294 e. The van der Waals surface area contributed by atoms with Crippen molar-refractivity contribution in [1.82, 2.24) is 9.97 Å². The van der Waals surface area contributed by atoms with Crippen molar-refractivity contribution in [1.29, 1.82) is 0 Å². The van der Waals surface area contributed by atoms with E-state index in [1.54, 1.807) is 12.3 Å². The Kier molecular flexibility index (Phi) is 1.53. The van der Waals surface area contributed by atoms with Crippen LogP contribution in [-0.2, 0) is 0 Å². The molecule has 0 saturated carbocycles. The summed E-state index contributed by atoms with van der Waals surface area (Å²) in [5.74, 6) is 0.245. The maximum Gasteiger partial charge on any atom is 0.192 e. The molecule has 3 heteroatoms. The Morgan fingerprint density at radius 1 is 1.67 bits per heavy atom. The van der Waals surface area contributed by atoms with Gasteiger partial charge in [-0.2, -0.15) is 0 Å². The summed E-state index contributed by atoms with van der Waals surface area (Å²) in [6.45, 7) is 1.81. The fourth-order valence-electron chi connectivity index (χ4n) is 0.525. The zero-order valence-electron chi connectivity index (χ0n) is 5.03. The van der Waals surface area contributed by atoms with Gasteiger partial charge in [0.2, 0.25) is 0 Å². The van der Waals surface area contributed by atoms with E-state index in [0.717, 1.165) is 5.69 Å². The van der Waals surface area contributed by atoms with Gasteiger partial charge in [0.15, 0.2) is 12.1 Å². The first kappa shape index (κ1) is 5.88. The molecule has 0 unspecified atom stereocenters. The molecule has 3 nitrogen and oxygen atoms in total. The number of aldehydes is 1. The molecule has 0 bridgehead atoms. The SMILES string of the molecule is Cc1ccnc(C=O)n1. The second kappa shape index (κ2) is 2.35. The average Bonchev–Trinajstić information content (AvgIpc) is 1.88. The number of hydrogen-bond acceptors (Lipinski definition) is 3. The Morgan fingerprint density at radius 3 is 2.89 bits per heavy atom. The van der Waals surface area contributed by atoms with Crippen molar-refractivity contribution in [3.8, 4) is 0 Å². The van der Waals surface area contributed by atoms with Gasteiger partial charge in [-0.15, -0.1) is 0 Å². The van der Waals surface area contributed by atoms with Crippen LogP contribution in [0.4, 0.5) is 0 Å². The third kappa shape index (κ3) is 1.32. The lowest BCUT2D eigenvalue weighted by Gasteiger charge is -1.88. The van der Waals surface area contributed by atoms with Gasteiger partial charge in [0.25, 0.3) is 0 Å². The molecule has 0 spiro atoms. The van der Waals surface area contributed by atoms with Gasteiger partial charge in [-0.1, -0.05) is 0 Å². The Morgan fingerprint density at radius 2 is 2.44 bits per heavy atom. The summed E-state index contributed by atoms with van der Waals surface area (Å²) < 4.78 is 0. The van der Waals surface area contributed by atoms with E-state index in [4.69, 9.17) is 0 Å². The predicted molar refractivity (Wildman–Crippen MR) is 32.2 cm³/mol. The molecule has 1 aromatic heterocycles. The van der Waals surface area contributed by atoms with E-state index in [-0.39, 0.29) is 5.82 Å². The quantitative estimate of drug-likeness (QED) is 0.512. The lowest BCUT2D eigenvalue weighted by Crippen LogP contribution is -1.92. The van der Waals surface area contributed by atoms with Gasteiger partial charge in [-0.3, -0.25) is 4.79 Å². The van der Waals surface area contributed by atoms with Crippen LogP contribution in [0.3, 0.4) is 0 Å². The summed E-state index contributed by atoms with van der Waals surface area (Å²) in [4.78, 5) is 17.5. The summed E-state index contributed by atoms with van der Waals surface area (Å²) in [6.07, 6.45) is 2.19. The number of carbonyl (C=O) groups is 1. The van der Waals surface area contributed by atoms with Crippen LogP contribution in [-0.4, -0.2) is 16.3 Å². The topological polar surface area (TPSA) is 42.9 Å². The molecule has 1 aromatic rings.